The minimum absolute atomic E-state index is 0.0752. The molecule has 0 aromatic carbocycles. The number of nitrogens with one attached hydrogen (secondary N) is 3. The number of piperidine rings is 1. The predicted octanol–water partition coefficient (Wildman–Crippen LogP) is 1.44. The third-order valence-electron chi connectivity index (χ3n) is 7.83. The van der Waals surface area contributed by atoms with Crippen molar-refractivity contribution in [3.8, 4) is 6.07 Å². The van der Waals surface area contributed by atoms with Crippen LogP contribution in [0.15, 0.2) is 0 Å². The van der Waals surface area contributed by atoms with Crippen LogP contribution < -0.4 is 16.0 Å². The molecule has 0 bridgehead atoms. The van der Waals surface area contributed by atoms with Gasteiger partial charge >= 0.3 is 6.18 Å². The Balaban J connectivity index is 1.81. The molecule has 13 heteroatoms. The Morgan fingerprint density at radius 2 is 1.84 bits per heavy atom. The first-order valence-corrected chi connectivity index (χ1v) is 12.2. The lowest BCUT2D eigenvalue weighted by Crippen LogP contribution is -2.61. The summed E-state index contributed by atoms with van der Waals surface area (Å²) in [7, 11) is 0. The quantitative estimate of drug-likeness (QED) is 0.428. The number of rotatable bonds is 7. The van der Waals surface area contributed by atoms with Crippen LogP contribution >= 0.6 is 0 Å². The molecule has 9 nitrogen and oxygen atoms in total. The number of nitrogens with zero attached hydrogens (tertiary/aromatic N) is 2. The number of carbonyl (C=O) groups excluding carboxylic acids is 4. The predicted molar refractivity (Wildman–Crippen MR) is 122 cm³/mol. The van der Waals surface area contributed by atoms with Gasteiger partial charge in [-0.3, -0.25) is 19.2 Å². The summed E-state index contributed by atoms with van der Waals surface area (Å²) in [6.45, 7) is 8.97. The molecule has 3 aliphatic rings. The molecule has 7 atom stereocenters. The summed E-state index contributed by atoms with van der Waals surface area (Å²) in [6, 6.07) is -1.59. The van der Waals surface area contributed by atoms with Crippen molar-refractivity contribution in [1.29, 1.82) is 5.26 Å². The van der Waals surface area contributed by atoms with Gasteiger partial charge < -0.3 is 20.9 Å². The second-order valence-electron chi connectivity index (χ2n) is 11.8. The van der Waals surface area contributed by atoms with Crippen molar-refractivity contribution in [3.63, 3.8) is 0 Å². The fourth-order valence-electron chi connectivity index (χ4n) is 5.55. The second-order valence-corrected chi connectivity index (χ2v) is 11.8. The largest absolute Gasteiger partial charge is 0.428 e. The van der Waals surface area contributed by atoms with Gasteiger partial charge in [-0.05, 0) is 35.5 Å². The number of carbonyl (C=O) groups is 4. The third kappa shape index (κ3) is 5.67. The molecule has 0 spiro atoms. The van der Waals surface area contributed by atoms with Gasteiger partial charge in [0.2, 0.25) is 17.7 Å². The molecule has 0 aromatic rings. The Morgan fingerprint density at radius 1 is 1.22 bits per heavy atom. The summed E-state index contributed by atoms with van der Waals surface area (Å²) in [5.41, 5.74) is -1.40. The molecule has 3 N–H and O–H groups in total. The zero-order valence-electron chi connectivity index (χ0n) is 21.4. The van der Waals surface area contributed by atoms with Gasteiger partial charge in [-0.2, -0.15) is 18.4 Å². The zero-order valence-corrected chi connectivity index (χ0v) is 21.4. The Kier molecular flexibility index (Phi) is 7.56. The number of hydrogen-bond acceptors (Lipinski definition) is 5. The number of halogens is 4. The van der Waals surface area contributed by atoms with Crippen LogP contribution in [-0.2, 0) is 19.2 Å². The van der Waals surface area contributed by atoms with E-state index < -0.39 is 59.5 Å². The average Bonchev–Trinajstić information content (AvgIpc) is 3.14. The fraction of sp³-hybridized carbons (Fsp3) is 0.792. The van der Waals surface area contributed by atoms with Gasteiger partial charge in [0.25, 0.3) is 12.1 Å². The molecule has 0 radical (unpaired) electrons. The van der Waals surface area contributed by atoms with Crippen LogP contribution in [0.4, 0.5) is 17.6 Å². The monoisotopic (exact) mass is 531 g/mol. The molecule has 2 aliphatic heterocycles. The van der Waals surface area contributed by atoms with E-state index in [1.54, 1.807) is 0 Å². The third-order valence-corrected chi connectivity index (χ3v) is 7.83. The summed E-state index contributed by atoms with van der Waals surface area (Å²) in [5, 5.41) is 16.8. The molecule has 2 heterocycles. The highest BCUT2D eigenvalue weighted by atomic mass is 19.4. The number of alkyl halides is 4. The summed E-state index contributed by atoms with van der Waals surface area (Å²) in [4.78, 5) is 52.1. The number of likely N-dealkylation sites (tertiary alicyclic amines) is 1. The highest BCUT2D eigenvalue weighted by Crippen LogP contribution is 2.65. The molecule has 3 rings (SSSR count). The van der Waals surface area contributed by atoms with Crippen LogP contribution in [-0.4, -0.2) is 72.1 Å². The highest BCUT2D eigenvalue weighted by Gasteiger charge is 2.70. The van der Waals surface area contributed by atoms with Gasteiger partial charge in [0.15, 0.2) is 0 Å². The first-order chi connectivity index (χ1) is 16.9. The lowest BCUT2D eigenvalue weighted by atomic mass is 9.85. The number of hydrogen-bond donors (Lipinski definition) is 3. The molecule has 1 aliphatic carbocycles. The van der Waals surface area contributed by atoms with Gasteiger partial charge in [0, 0.05) is 19.0 Å². The van der Waals surface area contributed by atoms with Crippen LogP contribution in [0.3, 0.4) is 0 Å². The molecule has 2 saturated heterocycles. The topological polar surface area (TPSA) is 131 Å². The maximum atomic E-state index is 13.7. The molecular formula is C24H33F4N5O4. The van der Waals surface area contributed by atoms with Gasteiger partial charge in [-0.15, -0.1) is 0 Å². The van der Waals surface area contributed by atoms with Crippen molar-refractivity contribution < 1.29 is 36.7 Å². The van der Waals surface area contributed by atoms with Crippen molar-refractivity contribution in [1.82, 2.24) is 20.9 Å². The SMILES string of the molecule is CC(C)(C)[C@H](NC(=O)C(F)C(F)(F)F)C(=O)N1C[C@H]2[C@@H]([C@H]1C(=O)N[C@H](C#N)C[C@@H]1CCNC1=O)C2(C)C. The van der Waals surface area contributed by atoms with E-state index in [1.165, 1.54) is 25.7 Å². The minimum Gasteiger partial charge on any atom is -0.356 e. The maximum absolute atomic E-state index is 13.7. The lowest BCUT2D eigenvalue weighted by molar-refractivity contribution is -0.188. The van der Waals surface area contributed by atoms with E-state index >= 15 is 0 Å². The van der Waals surface area contributed by atoms with E-state index in [4.69, 9.17) is 0 Å². The van der Waals surface area contributed by atoms with Crippen LogP contribution in [0.5, 0.6) is 0 Å². The summed E-state index contributed by atoms with van der Waals surface area (Å²) < 4.78 is 51.9. The van der Waals surface area contributed by atoms with E-state index in [-0.39, 0.29) is 36.1 Å². The second kappa shape index (κ2) is 9.76. The lowest BCUT2D eigenvalue weighted by Gasteiger charge is -2.38. The maximum Gasteiger partial charge on any atom is 0.428 e. The smallest absolute Gasteiger partial charge is 0.356 e. The van der Waals surface area contributed by atoms with Crippen molar-refractivity contribution in [2.24, 2.45) is 28.6 Å². The van der Waals surface area contributed by atoms with Gasteiger partial charge in [-0.25, -0.2) is 4.39 Å². The van der Waals surface area contributed by atoms with Gasteiger partial charge in [0.05, 0.1) is 6.07 Å². The van der Waals surface area contributed by atoms with E-state index in [1.807, 2.05) is 25.2 Å². The minimum atomic E-state index is -5.43. The number of amides is 4. The Bertz CT molecular complexity index is 1000. The van der Waals surface area contributed by atoms with Gasteiger partial charge in [0.1, 0.15) is 18.1 Å². The van der Waals surface area contributed by atoms with Crippen molar-refractivity contribution >= 4 is 23.6 Å². The summed E-state index contributed by atoms with van der Waals surface area (Å²) in [6.07, 6.45) is -8.61. The molecule has 3 fully saturated rings. The van der Waals surface area contributed by atoms with Crippen LogP contribution in [0, 0.1) is 39.9 Å². The van der Waals surface area contributed by atoms with Crippen molar-refractivity contribution in [3.05, 3.63) is 0 Å². The first kappa shape index (κ1) is 28.7. The first-order valence-electron chi connectivity index (χ1n) is 12.2. The molecule has 206 valence electrons. The molecule has 1 unspecified atom stereocenters. The Labute approximate surface area is 212 Å². The Hall–Kier alpha value is -2.91. The van der Waals surface area contributed by atoms with E-state index in [9.17, 15) is 42.0 Å². The molecular weight excluding hydrogens is 498 g/mol. The standard InChI is InChI=1S/C24H33F4N5O4/c1-22(2,3)17(32-20(36)16(25)24(26,27)28)21(37)33-10-13-14(23(13,4)5)15(33)19(35)31-12(9-29)8-11-6-7-30-18(11)34/h11-17H,6-8,10H2,1-5H3,(H,30,34)(H,31,35)(H,32,36)/t11-,12-,13-,14-,15-,16?,17+/m0/s1. The normalized spacial score (nSPS) is 28.9. The molecule has 37 heavy (non-hydrogen) atoms. The van der Waals surface area contributed by atoms with E-state index in [2.05, 4.69) is 10.6 Å². The van der Waals surface area contributed by atoms with E-state index in [0.29, 0.717) is 13.0 Å². The number of nitriles is 1. The number of fused-ring (bicyclic) bond motifs is 1. The summed E-state index contributed by atoms with van der Waals surface area (Å²) >= 11 is 0. The van der Waals surface area contributed by atoms with Crippen molar-refractivity contribution in [2.45, 2.75) is 77.9 Å². The Morgan fingerprint density at radius 3 is 2.32 bits per heavy atom. The van der Waals surface area contributed by atoms with Crippen molar-refractivity contribution in [2.75, 3.05) is 13.1 Å². The molecule has 0 aromatic heterocycles. The molecule has 1 saturated carbocycles. The van der Waals surface area contributed by atoms with Crippen LogP contribution in [0.25, 0.3) is 0 Å². The fourth-order valence-corrected chi connectivity index (χ4v) is 5.55. The molecule has 4 amide bonds. The zero-order chi connectivity index (χ0) is 28.1. The van der Waals surface area contributed by atoms with Crippen LogP contribution in [0.1, 0.15) is 47.5 Å². The van der Waals surface area contributed by atoms with E-state index in [0.717, 1.165) is 0 Å². The van der Waals surface area contributed by atoms with Crippen LogP contribution in [0.2, 0.25) is 0 Å². The van der Waals surface area contributed by atoms with Gasteiger partial charge in [-0.1, -0.05) is 34.6 Å². The average molecular weight is 532 g/mol. The highest BCUT2D eigenvalue weighted by molar-refractivity contribution is 5.95. The summed E-state index contributed by atoms with van der Waals surface area (Å²) in [5.74, 6) is -4.38.